The molecule has 0 saturated heterocycles. The third kappa shape index (κ3) is 5.27. The molecule has 23 heavy (non-hydrogen) atoms. The van der Waals surface area contributed by atoms with E-state index in [2.05, 4.69) is 5.32 Å². The van der Waals surface area contributed by atoms with Crippen molar-refractivity contribution < 1.29 is 23.2 Å². The molecule has 5 nitrogen and oxygen atoms in total. The average Bonchev–Trinajstić information content (AvgIpc) is 2.53. The van der Waals surface area contributed by atoms with Crippen molar-refractivity contribution in [3.05, 3.63) is 63.7 Å². The second-order valence-corrected chi connectivity index (χ2v) is 10.3. The van der Waals surface area contributed by atoms with E-state index in [4.69, 9.17) is 24.1 Å². The van der Waals surface area contributed by atoms with Crippen molar-refractivity contribution in [2.75, 3.05) is 12.4 Å². The van der Waals surface area contributed by atoms with Crippen molar-refractivity contribution in [1.82, 2.24) is 0 Å². The molecule has 0 bridgehead atoms. The Hall–Kier alpha value is -1.49. The number of rotatable bonds is 6. The topological polar surface area (TPSA) is 64.4 Å². The zero-order valence-electron chi connectivity index (χ0n) is 12.1. The molecule has 1 N–H and O–H groups in total. The van der Waals surface area contributed by atoms with Crippen molar-refractivity contribution in [3.8, 4) is 5.75 Å². The van der Waals surface area contributed by atoms with Crippen molar-refractivity contribution >= 4 is 35.4 Å². The van der Waals surface area contributed by atoms with Gasteiger partial charge >= 0.3 is 147 Å². The van der Waals surface area contributed by atoms with Crippen LogP contribution in [0.4, 0.5) is 11.4 Å². The van der Waals surface area contributed by atoms with Gasteiger partial charge in [0.25, 0.3) is 0 Å². The van der Waals surface area contributed by atoms with Gasteiger partial charge in [-0.1, -0.05) is 0 Å². The van der Waals surface area contributed by atoms with Crippen molar-refractivity contribution in [1.29, 1.82) is 0 Å². The Balaban J connectivity index is 2.20. The quantitative estimate of drug-likeness (QED) is 0.412. The molecule has 0 heterocycles. The van der Waals surface area contributed by atoms with Crippen LogP contribution in [0.3, 0.4) is 0 Å². The summed E-state index contributed by atoms with van der Waals surface area (Å²) in [5.74, 6) is 0.776. The summed E-state index contributed by atoms with van der Waals surface area (Å²) < 4.78 is 6.82. The first-order valence-electron chi connectivity index (χ1n) is 6.48. The van der Waals surface area contributed by atoms with Crippen LogP contribution in [0.2, 0.25) is 0 Å². The molecule has 0 radical (unpaired) electrons. The van der Waals surface area contributed by atoms with Gasteiger partial charge in [-0.3, -0.25) is 0 Å². The van der Waals surface area contributed by atoms with E-state index in [0.29, 0.717) is 12.1 Å². The van der Waals surface area contributed by atoms with Crippen LogP contribution in [-0.2, 0) is 20.1 Å². The van der Waals surface area contributed by atoms with Gasteiger partial charge in [-0.25, -0.2) is 0 Å². The van der Waals surface area contributed by atoms with Crippen LogP contribution >= 0.6 is 19.4 Å². The summed E-state index contributed by atoms with van der Waals surface area (Å²) in [7, 11) is 13.4. The summed E-state index contributed by atoms with van der Waals surface area (Å²) in [6, 6.07) is 12.2. The van der Waals surface area contributed by atoms with Crippen molar-refractivity contribution in [3.63, 3.8) is 0 Å². The SMILES string of the molecule is COc1ccc(NCc2ccc([N+](=O)[O-])cc2[CH]=[Ru]([Cl])[Cl])cc1. The van der Waals surface area contributed by atoms with E-state index in [1.54, 1.807) is 17.8 Å². The molecule has 2 aromatic rings. The second kappa shape index (κ2) is 8.39. The van der Waals surface area contributed by atoms with Gasteiger partial charge in [0.2, 0.25) is 0 Å². The Morgan fingerprint density at radius 3 is 2.52 bits per heavy atom. The Kier molecular flexibility index (Phi) is 6.51. The number of anilines is 1. The summed E-state index contributed by atoms with van der Waals surface area (Å²) in [5, 5.41) is 14.2. The molecule has 0 amide bonds. The molecular formula is C15H14Cl2N2O3Ru. The number of nitrogens with zero attached hydrogens (tertiary/aromatic N) is 1. The van der Waals surface area contributed by atoms with Crippen molar-refractivity contribution in [2.24, 2.45) is 0 Å². The van der Waals surface area contributed by atoms with Crippen LogP contribution in [0.15, 0.2) is 42.5 Å². The maximum absolute atomic E-state index is 10.9. The number of halogens is 2. The standard InChI is InChI=1S/C15H14N2O3.2ClH.Ru/c1-11-9-14(17(18)19)6-3-12(11)10-16-13-4-7-15(20-2)8-5-13;;;/h1,3-9,16H,10H2,2H3;2*1H;/q;;;+2/p-2. The van der Waals surface area contributed by atoms with Gasteiger partial charge in [0, 0.05) is 0 Å². The molecule has 0 aromatic heterocycles. The molecular weight excluding hydrogens is 428 g/mol. The summed E-state index contributed by atoms with van der Waals surface area (Å²) in [6.07, 6.45) is 0. The Bertz CT molecular complexity index is 732. The van der Waals surface area contributed by atoms with Gasteiger partial charge in [-0.2, -0.15) is 0 Å². The predicted molar refractivity (Wildman–Crippen MR) is 90.3 cm³/mol. The molecule has 0 aliphatic rings. The van der Waals surface area contributed by atoms with Gasteiger partial charge in [-0.15, -0.1) is 0 Å². The molecule has 124 valence electrons. The van der Waals surface area contributed by atoms with E-state index in [-0.39, 0.29) is 5.69 Å². The number of benzene rings is 2. The molecule has 0 spiro atoms. The van der Waals surface area contributed by atoms with Crippen molar-refractivity contribution in [2.45, 2.75) is 6.54 Å². The van der Waals surface area contributed by atoms with E-state index < -0.39 is 18.4 Å². The Morgan fingerprint density at radius 1 is 1.26 bits per heavy atom. The van der Waals surface area contributed by atoms with E-state index in [0.717, 1.165) is 17.0 Å². The van der Waals surface area contributed by atoms with Gasteiger partial charge in [-0.05, 0) is 0 Å². The monoisotopic (exact) mass is 442 g/mol. The van der Waals surface area contributed by atoms with Gasteiger partial charge in [0.05, 0.1) is 0 Å². The Labute approximate surface area is 146 Å². The third-order valence-corrected chi connectivity index (χ3v) is 4.93. The van der Waals surface area contributed by atoms with Crippen LogP contribution in [-0.4, -0.2) is 16.6 Å². The van der Waals surface area contributed by atoms with Gasteiger partial charge in [0.15, 0.2) is 0 Å². The molecule has 0 unspecified atom stereocenters. The van der Waals surface area contributed by atoms with E-state index in [1.165, 1.54) is 12.1 Å². The molecule has 8 heteroatoms. The third-order valence-electron chi connectivity index (χ3n) is 3.10. The number of methoxy groups -OCH3 is 1. The first-order valence-corrected chi connectivity index (χ1v) is 12.0. The minimum absolute atomic E-state index is 0.0215. The molecule has 2 rings (SSSR count). The zero-order chi connectivity index (χ0) is 16.8. The number of ether oxygens (including phenoxy) is 1. The van der Waals surface area contributed by atoms with Gasteiger partial charge in [0.1, 0.15) is 0 Å². The van der Waals surface area contributed by atoms with Crippen LogP contribution in [0.25, 0.3) is 0 Å². The van der Waals surface area contributed by atoms with Gasteiger partial charge < -0.3 is 0 Å². The first kappa shape index (κ1) is 17.9. The van der Waals surface area contributed by atoms with Crippen LogP contribution in [0, 0.1) is 10.1 Å². The van der Waals surface area contributed by atoms with E-state index >= 15 is 0 Å². The number of nitro groups is 1. The summed E-state index contributed by atoms with van der Waals surface area (Å²) in [6.45, 7) is 0.506. The number of nitro benzene ring substituents is 1. The molecule has 0 aliphatic carbocycles. The van der Waals surface area contributed by atoms with E-state index in [9.17, 15) is 10.1 Å². The fourth-order valence-corrected chi connectivity index (χ4v) is 3.80. The number of nitrogens with one attached hydrogen (secondary N) is 1. The number of non-ortho nitro benzene ring substituents is 1. The zero-order valence-corrected chi connectivity index (χ0v) is 15.4. The first-order chi connectivity index (χ1) is 11.0. The van der Waals surface area contributed by atoms with Crippen LogP contribution in [0.5, 0.6) is 5.75 Å². The summed E-state index contributed by atoms with van der Waals surface area (Å²) >= 11 is -2.08. The number of hydrogen-bond acceptors (Lipinski definition) is 4. The Morgan fingerprint density at radius 2 is 1.96 bits per heavy atom. The molecule has 0 saturated carbocycles. The molecule has 0 aliphatic heterocycles. The van der Waals surface area contributed by atoms with Crippen LogP contribution in [0.1, 0.15) is 11.1 Å². The maximum atomic E-state index is 10.9. The van der Waals surface area contributed by atoms with E-state index in [1.807, 2.05) is 24.3 Å². The fourth-order valence-electron chi connectivity index (χ4n) is 1.94. The molecule has 0 fully saturated rings. The summed E-state index contributed by atoms with van der Waals surface area (Å²) in [4.78, 5) is 10.5. The van der Waals surface area contributed by atoms with Crippen LogP contribution < -0.4 is 10.1 Å². The normalized spacial score (nSPS) is 10.8. The fraction of sp³-hybridized carbons (Fsp3) is 0.133. The summed E-state index contributed by atoms with van der Waals surface area (Å²) in [5.41, 5.74) is 2.53. The molecule has 0 atom stereocenters. The number of hydrogen-bond donors (Lipinski definition) is 1. The predicted octanol–water partition coefficient (Wildman–Crippen LogP) is 4.29. The minimum atomic E-state index is -2.08. The second-order valence-electron chi connectivity index (χ2n) is 4.53. The molecule has 2 aromatic carbocycles. The average molecular weight is 442 g/mol.